The van der Waals surface area contributed by atoms with Crippen LogP contribution in [0, 0.1) is 0 Å². The normalized spacial score (nSPS) is 21.1. The van der Waals surface area contributed by atoms with E-state index in [1.807, 2.05) is 23.7 Å². The molecule has 9 heteroatoms. The molecular formula is C29H39N7OS. The van der Waals surface area contributed by atoms with Gasteiger partial charge in [0, 0.05) is 80.5 Å². The number of hydrogen-bond acceptors (Lipinski definition) is 8. The molecule has 6 rings (SSSR count). The Hall–Kier alpha value is -2.40. The summed E-state index contributed by atoms with van der Waals surface area (Å²) in [5.74, 6) is 0. The van der Waals surface area contributed by atoms with Crippen LogP contribution in [0.15, 0.2) is 49.1 Å². The smallest absolute Gasteiger partial charge is 0.116 e. The standard InChI is InChI=1S/C29H39N7OS/c1-3-33(4-2)10-11-34-12-14-35(15-13-34)29(27-18-25-28(38-27)19-30-21-32-25)36-16-17-37-26(20-36)23-6-5-7-24-22(23)8-9-31-24/h5-9,18-19,21,26,29,31H,3-4,10-17,20H2,1-2H3. The minimum atomic E-state index is 0.0512. The molecule has 2 atom stereocenters. The lowest BCUT2D eigenvalue weighted by atomic mass is 10.0. The van der Waals surface area contributed by atoms with Crippen LogP contribution in [0.5, 0.6) is 0 Å². The molecule has 0 aliphatic carbocycles. The maximum absolute atomic E-state index is 6.39. The van der Waals surface area contributed by atoms with E-state index in [0.29, 0.717) is 0 Å². The van der Waals surface area contributed by atoms with Crippen molar-refractivity contribution in [3.05, 3.63) is 59.5 Å². The molecule has 2 fully saturated rings. The fourth-order valence-electron chi connectivity index (χ4n) is 6.05. The van der Waals surface area contributed by atoms with Gasteiger partial charge in [-0.1, -0.05) is 26.0 Å². The highest BCUT2D eigenvalue weighted by molar-refractivity contribution is 7.19. The van der Waals surface area contributed by atoms with Gasteiger partial charge in [0.1, 0.15) is 6.33 Å². The minimum absolute atomic E-state index is 0.0512. The monoisotopic (exact) mass is 533 g/mol. The van der Waals surface area contributed by atoms with Gasteiger partial charge in [0.25, 0.3) is 0 Å². The first-order valence-electron chi connectivity index (χ1n) is 14.0. The number of H-pyrrole nitrogens is 1. The van der Waals surface area contributed by atoms with Crippen LogP contribution in [0.25, 0.3) is 21.1 Å². The molecule has 1 aromatic carbocycles. The SMILES string of the molecule is CCN(CC)CCN1CCN(C(c2cc3ncncc3s2)N2CCOC(c3cccc4[nH]ccc34)C2)CC1. The van der Waals surface area contributed by atoms with Gasteiger partial charge in [0.2, 0.25) is 0 Å². The van der Waals surface area contributed by atoms with E-state index in [4.69, 9.17) is 4.74 Å². The molecule has 2 saturated heterocycles. The van der Waals surface area contributed by atoms with Crippen molar-refractivity contribution in [2.75, 3.05) is 72.1 Å². The lowest BCUT2D eigenvalue weighted by molar-refractivity contribution is -0.0838. The summed E-state index contributed by atoms with van der Waals surface area (Å²) < 4.78 is 7.55. The first-order chi connectivity index (χ1) is 18.7. The summed E-state index contributed by atoms with van der Waals surface area (Å²) in [4.78, 5) is 24.0. The van der Waals surface area contributed by atoms with Gasteiger partial charge < -0.3 is 14.6 Å². The Morgan fingerprint density at radius 1 is 1.11 bits per heavy atom. The predicted octanol–water partition coefficient (Wildman–Crippen LogP) is 4.20. The van der Waals surface area contributed by atoms with Crippen molar-refractivity contribution < 1.29 is 4.74 Å². The molecule has 5 heterocycles. The maximum atomic E-state index is 6.39. The van der Waals surface area contributed by atoms with Gasteiger partial charge in [-0.25, -0.2) is 9.97 Å². The van der Waals surface area contributed by atoms with Crippen molar-refractivity contribution in [3.8, 4) is 0 Å². The largest absolute Gasteiger partial charge is 0.371 e. The first kappa shape index (κ1) is 25.9. The number of benzene rings is 1. The van der Waals surface area contributed by atoms with E-state index in [1.165, 1.54) is 21.3 Å². The third-order valence-corrected chi connectivity index (χ3v) is 9.37. The number of hydrogen-bond donors (Lipinski definition) is 1. The number of thiophene rings is 1. The number of morpholine rings is 1. The number of fused-ring (bicyclic) bond motifs is 2. The number of nitrogens with one attached hydrogen (secondary N) is 1. The molecule has 0 spiro atoms. The predicted molar refractivity (Wildman–Crippen MR) is 155 cm³/mol. The molecule has 3 aromatic heterocycles. The van der Waals surface area contributed by atoms with Crippen molar-refractivity contribution >= 4 is 32.5 Å². The molecule has 4 aromatic rings. The van der Waals surface area contributed by atoms with Gasteiger partial charge in [-0.3, -0.25) is 14.7 Å². The Labute approximate surface area is 229 Å². The molecule has 2 aliphatic heterocycles. The quantitative estimate of drug-likeness (QED) is 0.346. The number of aromatic nitrogens is 3. The highest BCUT2D eigenvalue weighted by Gasteiger charge is 2.35. The number of nitrogens with zero attached hydrogens (tertiary/aromatic N) is 6. The lowest BCUT2D eigenvalue weighted by Crippen LogP contribution is -2.54. The van der Waals surface area contributed by atoms with Gasteiger partial charge in [0.05, 0.1) is 29.1 Å². The van der Waals surface area contributed by atoms with Crippen LogP contribution >= 0.6 is 11.3 Å². The number of piperazine rings is 1. The van der Waals surface area contributed by atoms with Crippen molar-refractivity contribution in [1.29, 1.82) is 0 Å². The van der Waals surface area contributed by atoms with Gasteiger partial charge >= 0.3 is 0 Å². The van der Waals surface area contributed by atoms with E-state index < -0.39 is 0 Å². The van der Waals surface area contributed by atoms with E-state index >= 15 is 0 Å². The number of rotatable bonds is 9. The van der Waals surface area contributed by atoms with Gasteiger partial charge in [-0.2, -0.15) is 0 Å². The van der Waals surface area contributed by atoms with Crippen LogP contribution in [0.3, 0.4) is 0 Å². The summed E-state index contributed by atoms with van der Waals surface area (Å²) in [5, 5.41) is 1.26. The zero-order valence-corrected chi connectivity index (χ0v) is 23.4. The van der Waals surface area contributed by atoms with Crippen LogP contribution in [0.4, 0.5) is 0 Å². The fraction of sp³-hybridized carbons (Fsp3) is 0.517. The van der Waals surface area contributed by atoms with Gasteiger partial charge in [0.15, 0.2) is 0 Å². The topological polar surface area (TPSA) is 63.8 Å². The van der Waals surface area contributed by atoms with E-state index in [-0.39, 0.29) is 12.3 Å². The molecule has 8 nitrogen and oxygen atoms in total. The zero-order valence-electron chi connectivity index (χ0n) is 22.6. The minimum Gasteiger partial charge on any atom is -0.371 e. The van der Waals surface area contributed by atoms with E-state index in [9.17, 15) is 0 Å². The van der Waals surface area contributed by atoms with Crippen molar-refractivity contribution in [3.63, 3.8) is 0 Å². The summed E-state index contributed by atoms with van der Waals surface area (Å²) in [7, 11) is 0. The molecule has 0 radical (unpaired) electrons. The molecule has 0 bridgehead atoms. The second kappa shape index (κ2) is 11.8. The van der Waals surface area contributed by atoms with Crippen LogP contribution in [0.2, 0.25) is 0 Å². The summed E-state index contributed by atoms with van der Waals surface area (Å²) in [6.45, 7) is 16.0. The highest BCUT2D eigenvalue weighted by Crippen LogP contribution is 2.38. The van der Waals surface area contributed by atoms with Crippen LogP contribution < -0.4 is 0 Å². The summed E-state index contributed by atoms with van der Waals surface area (Å²) in [5.41, 5.74) is 3.49. The van der Waals surface area contributed by atoms with E-state index in [1.54, 1.807) is 6.33 Å². The molecule has 0 amide bonds. The van der Waals surface area contributed by atoms with Crippen molar-refractivity contribution in [2.45, 2.75) is 26.1 Å². The number of aromatic amines is 1. The van der Waals surface area contributed by atoms with E-state index in [2.05, 4.69) is 78.7 Å². The average Bonchev–Trinajstić information content (AvgIpc) is 3.62. The van der Waals surface area contributed by atoms with Gasteiger partial charge in [-0.15, -0.1) is 11.3 Å². The summed E-state index contributed by atoms with van der Waals surface area (Å²) >= 11 is 1.84. The second-order valence-electron chi connectivity index (χ2n) is 10.3. The third kappa shape index (κ3) is 5.36. The molecule has 1 N–H and O–H groups in total. The van der Waals surface area contributed by atoms with Crippen molar-refractivity contribution in [2.24, 2.45) is 0 Å². The van der Waals surface area contributed by atoms with E-state index in [0.717, 1.165) is 82.3 Å². The Kier molecular flexibility index (Phi) is 8.01. The Morgan fingerprint density at radius 2 is 1.97 bits per heavy atom. The highest BCUT2D eigenvalue weighted by atomic mass is 32.1. The average molecular weight is 534 g/mol. The first-order valence-corrected chi connectivity index (χ1v) is 14.8. The van der Waals surface area contributed by atoms with Crippen LogP contribution in [0.1, 0.15) is 36.6 Å². The van der Waals surface area contributed by atoms with Gasteiger partial charge in [-0.05, 0) is 36.9 Å². The molecule has 202 valence electrons. The zero-order chi connectivity index (χ0) is 25.9. The fourth-order valence-corrected chi connectivity index (χ4v) is 7.20. The van der Waals surface area contributed by atoms with Crippen molar-refractivity contribution in [1.82, 2.24) is 34.6 Å². The summed E-state index contributed by atoms with van der Waals surface area (Å²) in [6, 6.07) is 11.0. The Balaban J connectivity index is 1.23. The van der Waals surface area contributed by atoms with Crippen LogP contribution in [-0.2, 0) is 4.74 Å². The molecular weight excluding hydrogens is 494 g/mol. The molecule has 0 saturated carbocycles. The Bertz CT molecular complexity index is 1290. The summed E-state index contributed by atoms with van der Waals surface area (Å²) in [6.07, 6.45) is 5.90. The third-order valence-electron chi connectivity index (χ3n) is 8.27. The molecule has 2 aliphatic rings. The number of likely N-dealkylation sites (N-methyl/N-ethyl adjacent to an activating group) is 1. The second-order valence-corrected chi connectivity index (χ2v) is 11.5. The lowest BCUT2D eigenvalue weighted by Gasteiger charge is -2.46. The molecule has 2 unspecified atom stereocenters. The number of ether oxygens (including phenoxy) is 1. The van der Waals surface area contributed by atoms with Crippen LogP contribution in [-0.4, -0.2) is 107 Å². The molecule has 38 heavy (non-hydrogen) atoms. The maximum Gasteiger partial charge on any atom is 0.116 e. The Morgan fingerprint density at radius 3 is 2.79 bits per heavy atom.